The molecule has 24 heavy (non-hydrogen) atoms. The zero-order valence-corrected chi connectivity index (χ0v) is 17.7. The zero-order valence-electron chi connectivity index (χ0n) is 14.5. The van der Waals surface area contributed by atoms with Gasteiger partial charge in [-0.25, -0.2) is 4.79 Å². The van der Waals surface area contributed by atoms with Gasteiger partial charge in [-0.05, 0) is 67.5 Å². The van der Waals surface area contributed by atoms with Crippen LogP contribution in [0.5, 0.6) is 0 Å². The molecular weight excluding hydrogens is 404 g/mol. The first-order valence-corrected chi connectivity index (χ1v) is 10.5. The van der Waals surface area contributed by atoms with Gasteiger partial charge in [0.15, 0.2) is 0 Å². The van der Waals surface area contributed by atoms with Gasteiger partial charge in [-0.2, -0.15) is 0 Å². The van der Waals surface area contributed by atoms with Gasteiger partial charge in [-0.15, -0.1) is 23.1 Å². The number of hydrogen-bond donors (Lipinski definition) is 1. The summed E-state index contributed by atoms with van der Waals surface area (Å²) >= 11 is 6.91. The lowest BCUT2D eigenvalue weighted by Gasteiger charge is -2.24. The fraction of sp³-hybridized carbons (Fsp3) is 0.421. The van der Waals surface area contributed by atoms with Gasteiger partial charge in [0.05, 0.1) is 0 Å². The van der Waals surface area contributed by atoms with E-state index in [1.54, 1.807) is 6.07 Å². The number of thiophene rings is 1. The van der Waals surface area contributed by atoms with Gasteiger partial charge < -0.3 is 5.11 Å². The average Bonchev–Trinajstić information content (AvgIpc) is 2.98. The minimum Gasteiger partial charge on any atom is -0.477 e. The molecule has 1 heterocycles. The third-order valence-electron chi connectivity index (χ3n) is 3.96. The maximum absolute atomic E-state index is 11.0. The third-order valence-corrected chi connectivity index (χ3v) is 7.84. The van der Waals surface area contributed by atoms with E-state index >= 15 is 0 Å². The van der Waals surface area contributed by atoms with E-state index in [-0.39, 0.29) is 5.41 Å². The highest BCUT2D eigenvalue weighted by Crippen LogP contribution is 2.34. The van der Waals surface area contributed by atoms with Crippen molar-refractivity contribution in [2.24, 2.45) is 5.41 Å². The summed E-state index contributed by atoms with van der Waals surface area (Å²) in [5.41, 5.74) is 2.75. The molecule has 0 fully saturated rings. The van der Waals surface area contributed by atoms with Crippen LogP contribution in [0.4, 0.5) is 0 Å². The molecule has 0 unspecified atom stereocenters. The Kier molecular flexibility index (Phi) is 6.57. The lowest BCUT2D eigenvalue weighted by atomic mass is 9.90. The molecule has 0 saturated heterocycles. The summed E-state index contributed by atoms with van der Waals surface area (Å²) in [4.78, 5) is 13.9. The number of rotatable bonds is 7. The SMILES string of the molecule is Cc1cc(SCC(C)(C)CCc2ccc(C(=O)O)s2)cc(C)c1Br. The number of thioether (sulfide) groups is 1. The predicted molar refractivity (Wildman–Crippen MR) is 108 cm³/mol. The molecule has 2 nitrogen and oxygen atoms in total. The molecular formula is C19H23BrO2S2. The van der Waals surface area contributed by atoms with Gasteiger partial charge in [0.25, 0.3) is 0 Å². The number of hydrogen-bond acceptors (Lipinski definition) is 3. The van der Waals surface area contributed by atoms with Crippen molar-refractivity contribution in [2.75, 3.05) is 5.75 Å². The molecule has 2 aromatic rings. The van der Waals surface area contributed by atoms with Crippen LogP contribution >= 0.6 is 39.0 Å². The fourth-order valence-electron chi connectivity index (χ4n) is 2.43. The smallest absolute Gasteiger partial charge is 0.345 e. The van der Waals surface area contributed by atoms with Crippen LogP contribution in [-0.4, -0.2) is 16.8 Å². The summed E-state index contributed by atoms with van der Waals surface area (Å²) in [5.74, 6) is 0.215. The molecule has 5 heteroatoms. The Morgan fingerprint density at radius 3 is 2.42 bits per heavy atom. The van der Waals surface area contributed by atoms with Crippen molar-refractivity contribution >= 4 is 45.0 Å². The van der Waals surface area contributed by atoms with Gasteiger partial charge in [0.1, 0.15) is 4.88 Å². The van der Waals surface area contributed by atoms with Gasteiger partial charge in [0.2, 0.25) is 0 Å². The van der Waals surface area contributed by atoms with Gasteiger partial charge in [0, 0.05) is 20.0 Å². The number of aryl methyl sites for hydroxylation is 3. The van der Waals surface area contributed by atoms with Crippen molar-refractivity contribution < 1.29 is 9.90 Å². The molecule has 0 radical (unpaired) electrons. The molecule has 130 valence electrons. The highest BCUT2D eigenvalue weighted by molar-refractivity contribution is 9.10. The maximum Gasteiger partial charge on any atom is 0.345 e. The molecule has 2 rings (SSSR count). The van der Waals surface area contributed by atoms with E-state index in [4.69, 9.17) is 5.11 Å². The highest BCUT2D eigenvalue weighted by atomic mass is 79.9. The minimum atomic E-state index is -0.831. The average molecular weight is 427 g/mol. The topological polar surface area (TPSA) is 37.3 Å². The quantitative estimate of drug-likeness (QED) is 0.508. The summed E-state index contributed by atoms with van der Waals surface area (Å²) < 4.78 is 1.19. The van der Waals surface area contributed by atoms with Crippen molar-refractivity contribution in [3.05, 3.63) is 49.6 Å². The van der Waals surface area contributed by atoms with Crippen LogP contribution < -0.4 is 0 Å². The van der Waals surface area contributed by atoms with E-state index in [9.17, 15) is 4.79 Å². The van der Waals surface area contributed by atoms with Crippen LogP contribution in [-0.2, 0) is 6.42 Å². The maximum atomic E-state index is 11.0. The van der Waals surface area contributed by atoms with Gasteiger partial charge >= 0.3 is 5.97 Å². The van der Waals surface area contributed by atoms with Crippen molar-refractivity contribution in [1.82, 2.24) is 0 Å². The summed E-state index contributed by atoms with van der Waals surface area (Å²) in [5, 5.41) is 9.00. The Balaban J connectivity index is 1.92. The molecule has 0 atom stereocenters. The fourth-order valence-corrected chi connectivity index (χ4v) is 4.73. The standard InChI is InChI=1S/C19H23BrO2S2/c1-12-9-15(10-13(2)17(12)20)23-11-19(3,4)8-7-14-5-6-16(24-14)18(21)22/h5-6,9-10H,7-8,11H2,1-4H3,(H,21,22). The van der Waals surface area contributed by atoms with Crippen LogP contribution in [0, 0.1) is 19.3 Å². The minimum absolute atomic E-state index is 0.201. The molecule has 0 saturated carbocycles. The molecule has 0 aliphatic carbocycles. The van der Waals surface area contributed by atoms with Crippen LogP contribution in [0.15, 0.2) is 33.6 Å². The Labute approximate surface area is 160 Å². The number of carboxylic acids is 1. The first kappa shape index (κ1) is 19.5. The van der Waals surface area contributed by atoms with Crippen molar-refractivity contribution in [3.8, 4) is 0 Å². The largest absolute Gasteiger partial charge is 0.477 e. The molecule has 0 spiro atoms. The number of carbonyl (C=O) groups is 1. The molecule has 0 amide bonds. The van der Waals surface area contributed by atoms with E-state index in [0.29, 0.717) is 4.88 Å². The number of aromatic carboxylic acids is 1. The summed E-state index contributed by atoms with van der Waals surface area (Å²) in [7, 11) is 0. The summed E-state index contributed by atoms with van der Waals surface area (Å²) in [6.45, 7) is 8.82. The van der Waals surface area contributed by atoms with Gasteiger partial charge in [-0.1, -0.05) is 29.8 Å². The van der Waals surface area contributed by atoms with Gasteiger partial charge in [-0.3, -0.25) is 0 Å². The number of benzene rings is 1. The predicted octanol–water partition coefficient (Wildman–Crippen LogP) is 6.58. The van der Waals surface area contributed by atoms with E-state index in [2.05, 4.69) is 55.8 Å². The third kappa shape index (κ3) is 5.36. The molecule has 0 bridgehead atoms. The second-order valence-corrected chi connectivity index (χ2v) is 9.91. The number of halogens is 1. The van der Waals surface area contributed by atoms with E-state index < -0.39 is 5.97 Å². The lowest BCUT2D eigenvalue weighted by molar-refractivity contribution is 0.0702. The Morgan fingerprint density at radius 2 is 1.88 bits per heavy atom. The van der Waals surface area contributed by atoms with Crippen LogP contribution in [0.1, 0.15) is 45.9 Å². The Bertz CT molecular complexity index is 712. The highest BCUT2D eigenvalue weighted by Gasteiger charge is 2.19. The summed E-state index contributed by atoms with van der Waals surface area (Å²) in [6, 6.07) is 8.11. The second-order valence-electron chi connectivity index (χ2n) is 6.90. The monoisotopic (exact) mass is 426 g/mol. The van der Waals surface area contributed by atoms with E-state index in [1.807, 2.05) is 17.8 Å². The second kappa shape index (κ2) is 8.07. The van der Waals surface area contributed by atoms with Crippen molar-refractivity contribution in [1.29, 1.82) is 0 Å². The lowest BCUT2D eigenvalue weighted by Crippen LogP contribution is -2.15. The summed E-state index contributed by atoms with van der Waals surface area (Å²) in [6.07, 6.45) is 1.98. The molecule has 0 aliphatic heterocycles. The molecule has 1 N–H and O–H groups in total. The van der Waals surface area contributed by atoms with E-state index in [1.165, 1.54) is 31.8 Å². The first-order valence-electron chi connectivity index (χ1n) is 7.89. The molecule has 1 aromatic heterocycles. The number of carboxylic acid groups (broad SMARTS) is 1. The first-order chi connectivity index (χ1) is 11.2. The normalized spacial score (nSPS) is 11.7. The van der Waals surface area contributed by atoms with Crippen LogP contribution in [0.2, 0.25) is 0 Å². The van der Waals surface area contributed by atoms with E-state index in [0.717, 1.165) is 23.5 Å². The van der Waals surface area contributed by atoms with Crippen molar-refractivity contribution in [2.45, 2.75) is 45.4 Å². The zero-order chi connectivity index (χ0) is 17.9. The van der Waals surface area contributed by atoms with Crippen LogP contribution in [0.3, 0.4) is 0 Å². The van der Waals surface area contributed by atoms with Crippen LogP contribution in [0.25, 0.3) is 0 Å². The Morgan fingerprint density at radius 1 is 1.25 bits per heavy atom. The van der Waals surface area contributed by atoms with Crippen molar-refractivity contribution in [3.63, 3.8) is 0 Å². The molecule has 0 aliphatic rings. The molecule has 1 aromatic carbocycles. The Hall–Kier alpha value is -0.780.